The molecule has 6 nitrogen and oxygen atoms in total. The molecule has 0 saturated heterocycles. The molecule has 0 spiro atoms. The molecule has 0 atom stereocenters. The topological polar surface area (TPSA) is 64.3 Å². The van der Waals surface area contributed by atoms with E-state index in [1.807, 2.05) is 25.1 Å². The number of ether oxygens (including phenoxy) is 1. The van der Waals surface area contributed by atoms with Gasteiger partial charge in [0.15, 0.2) is 0 Å². The van der Waals surface area contributed by atoms with Crippen molar-refractivity contribution in [2.24, 2.45) is 0 Å². The van der Waals surface area contributed by atoms with E-state index in [9.17, 15) is 0 Å². The monoisotopic (exact) mass is 289 g/mol. The second kappa shape index (κ2) is 4.97. The van der Waals surface area contributed by atoms with Crippen LogP contribution in [0.15, 0.2) is 30.6 Å². The van der Waals surface area contributed by atoms with E-state index >= 15 is 0 Å². The van der Waals surface area contributed by atoms with Crippen molar-refractivity contribution in [3.05, 3.63) is 41.3 Å². The number of fused-ring (bicyclic) bond motifs is 1. The minimum atomic E-state index is 0.347. The minimum absolute atomic E-state index is 0.347. The highest BCUT2D eigenvalue weighted by Gasteiger charge is 2.09. The van der Waals surface area contributed by atoms with Gasteiger partial charge in [-0.3, -0.25) is 0 Å². The zero-order valence-electron chi connectivity index (χ0n) is 11.0. The Morgan fingerprint density at radius 1 is 1.30 bits per heavy atom. The van der Waals surface area contributed by atoms with Gasteiger partial charge >= 0.3 is 0 Å². The third kappa shape index (κ3) is 2.25. The number of rotatable bonds is 3. The van der Waals surface area contributed by atoms with E-state index in [1.165, 1.54) is 6.33 Å². The van der Waals surface area contributed by atoms with E-state index in [4.69, 9.17) is 16.3 Å². The van der Waals surface area contributed by atoms with Gasteiger partial charge in [0, 0.05) is 6.07 Å². The summed E-state index contributed by atoms with van der Waals surface area (Å²) >= 11 is 5.99. The molecule has 102 valence electrons. The average Bonchev–Trinajstić information content (AvgIpc) is 2.87. The Morgan fingerprint density at radius 2 is 2.15 bits per heavy atom. The molecule has 0 unspecified atom stereocenters. The van der Waals surface area contributed by atoms with Crippen molar-refractivity contribution < 1.29 is 4.74 Å². The normalized spacial score (nSPS) is 10.8. The number of methoxy groups -OCH3 is 1. The van der Waals surface area contributed by atoms with Gasteiger partial charge in [-0.15, -0.1) is 0 Å². The molecule has 7 heteroatoms. The Hall–Kier alpha value is -2.34. The summed E-state index contributed by atoms with van der Waals surface area (Å²) in [6.07, 6.45) is 1.43. The van der Waals surface area contributed by atoms with E-state index in [1.54, 1.807) is 17.7 Å². The molecule has 2 heterocycles. The number of hydrogen-bond donors (Lipinski definition) is 1. The number of hydrogen-bond acceptors (Lipinski definition) is 5. The first-order valence-electron chi connectivity index (χ1n) is 5.95. The van der Waals surface area contributed by atoms with Crippen LogP contribution in [0.25, 0.3) is 5.78 Å². The molecule has 0 aliphatic heterocycles. The Labute approximate surface area is 120 Å². The van der Waals surface area contributed by atoms with Crippen LogP contribution in [0, 0.1) is 6.92 Å². The van der Waals surface area contributed by atoms with Crippen LogP contribution in [0.4, 0.5) is 11.5 Å². The highest BCUT2D eigenvalue weighted by Crippen LogP contribution is 2.29. The molecule has 20 heavy (non-hydrogen) atoms. The van der Waals surface area contributed by atoms with Gasteiger partial charge in [0.2, 0.25) is 0 Å². The molecular weight excluding hydrogens is 278 g/mol. The summed E-state index contributed by atoms with van der Waals surface area (Å²) < 4.78 is 6.92. The van der Waals surface area contributed by atoms with Crippen LogP contribution in [-0.2, 0) is 0 Å². The summed E-state index contributed by atoms with van der Waals surface area (Å²) in [5, 5.41) is 7.71. The van der Waals surface area contributed by atoms with Gasteiger partial charge in [0.05, 0.1) is 12.8 Å². The Balaban J connectivity index is 2.09. The average molecular weight is 290 g/mol. The molecule has 1 aromatic carbocycles. The number of aryl methyl sites for hydroxylation is 1. The van der Waals surface area contributed by atoms with Crippen LogP contribution < -0.4 is 10.1 Å². The molecule has 0 amide bonds. The van der Waals surface area contributed by atoms with Crippen molar-refractivity contribution >= 4 is 28.9 Å². The second-order valence-corrected chi connectivity index (χ2v) is 4.65. The van der Waals surface area contributed by atoms with Gasteiger partial charge in [-0.1, -0.05) is 17.7 Å². The quantitative estimate of drug-likeness (QED) is 0.751. The van der Waals surface area contributed by atoms with Crippen molar-refractivity contribution in [3.8, 4) is 5.75 Å². The number of anilines is 2. The number of halogens is 1. The Kier molecular flexibility index (Phi) is 3.15. The van der Waals surface area contributed by atoms with Crippen LogP contribution in [0.2, 0.25) is 5.15 Å². The van der Waals surface area contributed by atoms with E-state index < -0.39 is 0 Å². The summed E-state index contributed by atoms with van der Waals surface area (Å²) in [6.45, 7) is 2.01. The van der Waals surface area contributed by atoms with Gasteiger partial charge in [-0.05, 0) is 24.6 Å². The maximum atomic E-state index is 5.99. The molecule has 0 fully saturated rings. The molecule has 3 aromatic rings. The van der Waals surface area contributed by atoms with Crippen molar-refractivity contribution in [2.75, 3.05) is 12.4 Å². The first-order valence-corrected chi connectivity index (χ1v) is 6.33. The van der Waals surface area contributed by atoms with E-state index in [-0.39, 0.29) is 0 Å². The third-order valence-electron chi connectivity index (χ3n) is 2.84. The molecule has 2 aromatic heterocycles. The highest BCUT2D eigenvalue weighted by atomic mass is 35.5. The number of nitrogens with one attached hydrogen (secondary N) is 1. The van der Waals surface area contributed by atoms with Gasteiger partial charge < -0.3 is 10.1 Å². The van der Waals surface area contributed by atoms with Crippen molar-refractivity contribution in [2.45, 2.75) is 6.92 Å². The lowest BCUT2D eigenvalue weighted by atomic mass is 10.2. The third-order valence-corrected chi connectivity index (χ3v) is 3.03. The summed E-state index contributed by atoms with van der Waals surface area (Å²) in [7, 11) is 1.63. The molecular formula is C13H12ClN5O. The van der Waals surface area contributed by atoms with Crippen molar-refractivity contribution in [1.82, 2.24) is 19.6 Å². The summed E-state index contributed by atoms with van der Waals surface area (Å²) in [4.78, 5) is 8.11. The standard InChI is InChI=1S/C13H12ClN5O/c1-8-3-4-10(20-2)9(5-8)17-12-6-11(14)18-13-15-7-16-19(12)13/h3-7,17H,1-2H3. The lowest BCUT2D eigenvalue weighted by Crippen LogP contribution is -2.03. The molecule has 0 radical (unpaired) electrons. The molecule has 3 rings (SSSR count). The van der Waals surface area contributed by atoms with Gasteiger partial charge in [-0.25, -0.2) is 0 Å². The van der Waals surface area contributed by atoms with Crippen LogP contribution in [0.3, 0.4) is 0 Å². The van der Waals surface area contributed by atoms with Crippen molar-refractivity contribution in [1.29, 1.82) is 0 Å². The summed E-state index contributed by atoms with van der Waals surface area (Å²) in [5.41, 5.74) is 1.94. The Bertz CT molecular complexity index is 771. The van der Waals surface area contributed by atoms with Crippen LogP contribution >= 0.6 is 11.6 Å². The van der Waals surface area contributed by atoms with Gasteiger partial charge in [0.1, 0.15) is 23.0 Å². The van der Waals surface area contributed by atoms with E-state index in [2.05, 4.69) is 20.4 Å². The fourth-order valence-electron chi connectivity index (χ4n) is 1.93. The first kappa shape index (κ1) is 12.7. The van der Waals surface area contributed by atoms with E-state index in [0.29, 0.717) is 16.7 Å². The molecule has 0 aliphatic rings. The molecule has 1 N–H and O–H groups in total. The summed E-state index contributed by atoms with van der Waals surface area (Å²) in [6, 6.07) is 7.55. The van der Waals surface area contributed by atoms with Crippen LogP contribution in [0.5, 0.6) is 5.75 Å². The maximum absolute atomic E-state index is 5.99. The second-order valence-electron chi connectivity index (χ2n) is 4.26. The zero-order chi connectivity index (χ0) is 14.1. The molecule has 0 saturated carbocycles. The largest absolute Gasteiger partial charge is 0.495 e. The lowest BCUT2D eigenvalue weighted by Gasteiger charge is -2.12. The SMILES string of the molecule is COc1ccc(C)cc1Nc1cc(Cl)nc2ncnn12. The number of benzene rings is 1. The smallest absolute Gasteiger partial charge is 0.255 e. The predicted octanol–water partition coefficient (Wildman–Crippen LogP) is 2.84. The van der Waals surface area contributed by atoms with Crippen LogP contribution in [0.1, 0.15) is 5.56 Å². The first-order chi connectivity index (χ1) is 9.67. The van der Waals surface area contributed by atoms with Crippen LogP contribution in [-0.4, -0.2) is 26.7 Å². The predicted molar refractivity (Wildman–Crippen MR) is 76.8 cm³/mol. The number of nitrogens with zero attached hydrogens (tertiary/aromatic N) is 4. The lowest BCUT2D eigenvalue weighted by molar-refractivity contribution is 0.416. The van der Waals surface area contributed by atoms with Crippen molar-refractivity contribution in [3.63, 3.8) is 0 Å². The van der Waals surface area contributed by atoms with Gasteiger partial charge in [0.25, 0.3) is 5.78 Å². The zero-order valence-corrected chi connectivity index (χ0v) is 11.7. The van der Waals surface area contributed by atoms with Gasteiger partial charge in [-0.2, -0.15) is 19.6 Å². The molecule has 0 aliphatic carbocycles. The Morgan fingerprint density at radius 3 is 2.95 bits per heavy atom. The fraction of sp³-hybridized carbons (Fsp3) is 0.154. The summed E-state index contributed by atoms with van der Waals surface area (Å²) in [5.74, 6) is 1.84. The highest BCUT2D eigenvalue weighted by molar-refractivity contribution is 6.29. The molecule has 0 bridgehead atoms. The minimum Gasteiger partial charge on any atom is -0.495 e. The number of aromatic nitrogens is 4. The maximum Gasteiger partial charge on any atom is 0.255 e. The van der Waals surface area contributed by atoms with E-state index in [0.717, 1.165) is 17.0 Å². The fourth-order valence-corrected chi connectivity index (χ4v) is 2.11.